The number of aliphatic hydroxyl groups excluding tert-OH is 1. The van der Waals surface area contributed by atoms with E-state index in [1.54, 1.807) is 24.5 Å². The number of para-hydroxylation sites is 2. The van der Waals surface area contributed by atoms with Gasteiger partial charge in [0.15, 0.2) is 6.29 Å². The van der Waals surface area contributed by atoms with Gasteiger partial charge in [0.1, 0.15) is 0 Å². The molecule has 1 aromatic heterocycles. The lowest BCUT2D eigenvalue weighted by molar-refractivity contribution is -0.253. The van der Waals surface area contributed by atoms with Crippen molar-refractivity contribution in [2.45, 2.75) is 76.6 Å². The van der Waals surface area contributed by atoms with Crippen molar-refractivity contribution in [2.75, 3.05) is 48.7 Å². The molecule has 3 atom stereocenters. The number of nitrogens with zero attached hydrogens (tertiary/aromatic N) is 4. The number of carbonyl (C=O) groups is 2. The number of rotatable bonds is 17. The van der Waals surface area contributed by atoms with Crippen LogP contribution in [-0.2, 0) is 32.2 Å². The molecular weight excluding hydrogens is 743 g/mol. The lowest BCUT2D eigenvalue weighted by Crippen LogP contribution is -2.50. The van der Waals surface area contributed by atoms with Crippen LogP contribution in [0.2, 0.25) is 0 Å². The van der Waals surface area contributed by atoms with Crippen molar-refractivity contribution >= 4 is 29.1 Å². The third-order valence-electron chi connectivity index (χ3n) is 11.0. The molecule has 2 saturated heterocycles. The molecule has 2 amide bonds. The minimum absolute atomic E-state index is 0.00224. The summed E-state index contributed by atoms with van der Waals surface area (Å²) in [5, 5.41) is 15.5. The monoisotopic (exact) mass is 797 g/mol. The summed E-state index contributed by atoms with van der Waals surface area (Å²) in [4.78, 5) is 38.4. The molecule has 2 aliphatic heterocycles. The fraction of sp³-hybridized carbons (Fsp3) is 0.362. The largest absolute Gasteiger partial charge is 0.397 e. The fourth-order valence-corrected chi connectivity index (χ4v) is 7.64. The molecule has 0 aliphatic carbocycles. The Kier molecular flexibility index (Phi) is 14.7. The van der Waals surface area contributed by atoms with E-state index in [9.17, 15) is 14.7 Å². The Bertz CT molecular complexity index is 2090. The van der Waals surface area contributed by atoms with Gasteiger partial charge in [0.25, 0.3) is 0 Å². The van der Waals surface area contributed by atoms with Gasteiger partial charge < -0.3 is 35.8 Å². The quantitative estimate of drug-likeness (QED) is 0.0562. The zero-order chi connectivity index (χ0) is 40.8. The number of nitrogen functional groups attached to an aromatic ring is 1. The van der Waals surface area contributed by atoms with Crippen LogP contribution in [0, 0.1) is 0 Å². The molecule has 5 aromatic rings. The van der Waals surface area contributed by atoms with E-state index in [4.69, 9.17) is 15.2 Å². The van der Waals surface area contributed by atoms with Gasteiger partial charge in [-0.25, -0.2) is 9.97 Å². The molecule has 12 nitrogen and oxygen atoms in total. The highest BCUT2D eigenvalue weighted by molar-refractivity contribution is 5.93. The van der Waals surface area contributed by atoms with E-state index in [0.717, 1.165) is 104 Å². The van der Waals surface area contributed by atoms with Crippen LogP contribution < -0.4 is 21.3 Å². The van der Waals surface area contributed by atoms with Crippen molar-refractivity contribution in [1.82, 2.24) is 20.2 Å². The summed E-state index contributed by atoms with van der Waals surface area (Å²) < 4.78 is 13.3. The maximum absolute atomic E-state index is 12.6. The number of aliphatic hydroxyl groups is 1. The number of unbranched alkanes of at least 4 members (excludes halogenated alkanes) is 3. The lowest BCUT2D eigenvalue weighted by atomic mass is 9.98. The van der Waals surface area contributed by atoms with E-state index in [2.05, 4.69) is 66.8 Å². The molecule has 0 spiro atoms. The van der Waals surface area contributed by atoms with Crippen molar-refractivity contribution < 1.29 is 24.2 Å². The van der Waals surface area contributed by atoms with Crippen LogP contribution >= 0.6 is 0 Å². The van der Waals surface area contributed by atoms with Crippen LogP contribution in [0.1, 0.15) is 79.6 Å². The number of amides is 2. The van der Waals surface area contributed by atoms with Crippen molar-refractivity contribution in [1.29, 1.82) is 0 Å². The average Bonchev–Trinajstić information content (AvgIpc) is 3.28. The Labute approximate surface area is 346 Å². The summed E-state index contributed by atoms with van der Waals surface area (Å²) >= 11 is 0. The van der Waals surface area contributed by atoms with Crippen molar-refractivity contribution in [2.24, 2.45) is 0 Å². The molecule has 308 valence electrons. The molecule has 0 bridgehead atoms. The second kappa shape index (κ2) is 20.9. The second-order valence-electron chi connectivity index (χ2n) is 15.3. The summed E-state index contributed by atoms with van der Waals surface area (Å²) in [7, 11) is 0. The first-order valence-electron chi connectivity index (χ1n) is 20.8. The number of ether oxygens (including phenoxy) is 2. The number of hydrogen-bond acceptors (Lipinski definition) is 10. The Morgan fingerprint density at radius 1 is 0.729 bits per heavy atom. The van der Waals surface area contributed by atoms with Gasteiger partial charge in [-0.3, -0.25) is 14.5 Å². The van der Waals surface area contributed by atoms with E-state index in [1.807, 2.05) is 54.6 Å². The Balaban J connectivity index is 0.890. The number of aromatic nitrogens is 2. The molecule has 3 heterocycles. The highest BCUT2D eigenvalue weighted by atomic mass is 16.7. The molecule has 2 aliphatic rings. The third kappa shape index (κ3) is 12.0. The van der Waals surface area contributed by atoms with Gasteiger partial charge in [-0.1, -0.05) is 91.7 Å². The maximum atomic E-state index is 12.6. The zero-order valence-corrected chi connectivity index (χ0v) is 33.5. The Hall–Kier alpha value is -5.66. The summed E-state index contributed by atoms with van der Waals surface area (Å²) in [6.45, 7) is 4.75. The zero-order valence-electron chi connectivity index (χ0n) is 33.5. The van der Waals surface area contributed by atoms with Crippen molar-refractivity contribution in [3.63, 3.8) is 0 Å². The minimum atomic E-state index is -0.537. The average molecular weight is 798 g/mol. The van der Waals surface area contributed by atoms with Crippen molar-refractivity contribution in [3.8, 4) is 11.1 Å². The van der Waals surface area contributed by atoms with E-state index in [-0.39, 0.29) is 30.6 Å². The lowest BCUT2D eigenvalue weighted by Gasteiger charge is -2.40. The van der Waals surface area contributed by atoms with Gasteiger partial charge in [0.2, 0.25) is 17.8 Å². The number of carbonyl (C=O) groups excluding carboxylic acids is 2. The number of piperazine rings is 1. The molecular formula is C47H55N7O5. The van der Waals surface area contributed by atoms with Crippen molar-refractivity contribution in [3.05, 3.63) is 138 Å². The predicted molar refractivity (Wildman–Crippen MR) is 230 cm³/mol. The number of anilines is 3. The molecule has 2 fully saturated rings. The van der Waals surface area contributed by atoms with Crippen LogP contribution in [0.15, 0.2) is 116 Å². The van der Waals surface area contributed by atoms with Gasteiger partial charge in [0, 0.05) is 76.5 Å². The highest BCUT2D eigenvalue weighted by Gasteiger charge is 2.34. The van der Waals surface area contributed by atoms with Crippen LogP contribution in [0.5, 0.6) is 0 Å². The van der Waals surface area contributed by atoms with Crippen LogP contribution in [0.4, 0.5) is 17.3 Å². The standard InChI is InChI=1S/C47H55N7O5/c48-41-11-5-6-12-42(41)52-45(57)14-4-2-1-3-13-44(56)51-31-35-9-7-10-39(29-35)36-19-21-38(22-20-36)46-58-40(30-43(59-46)37-17-15-34(33-55)16-18-37)32-53-25-27-54(28-26-53)47-49-23-8-24-50-47/h5-12,15-24,29,40,43,46,55H,1-4,13-14,25-28,30-33,48H2,(H,51,56)(H,52,57)/t40-,43+,46+/m1/s1. The fourth-order valence-electron chi connectivity index (χ4n) is 7.64. The van der Waals surface area contributed by atoms with Gasteiger partial charge in [-0.05, 0) is 64.9 Å². The minimum Gasteiger partial charge on any atom is -0.397 e. The number of benzene rings is 4. The first-order valence-corrected chi connectivity index (χ1v) is 20.8. The maximum Gasteiger partial charge on any atom is 0.225 e. The SMILES string of the molecule is Nc1ccccc1NC(=O)CCCCCCC(=O)NCc1cccc(-c2ccc([C@H]3O[C@@H](CN4CCN(c5ncccn5)CC4)C[C@@H](c4ccc(CO)cc4)O3)cc2)c1. The Morgan fingerprint density at radius 2 is 1.44 bits per heavy atom. The number of nitrogens with two attached hydrogens (primary N) is 1. The molecule has 7 rings (SSSR count). The third-order valence-corrected chi connectivity index (χ3v) is 11.0. The molecule has 5 N–H and O–H groups in total. The molecule has 12 heteroatoms. The second-order valence-corrected chi connectivity index (χ2v) is 15.3. The number of nitrogens with one attached hydrogen (secondary N) is 2. The first-order chi connectivity index (χ1) is 28.9. The summed E-state index contributed by atoms with van der Waals surface area (Å²) in [6.07, 6.45) is 7.76. The van der Waals surface area contributed by atoms with E-state index in [1.165, 1.54) is 0 Å². The van der Waals surface area contributed by atoms with Gasteiger partial charge in [-0.15, -0.1) is 0 Å². The van der Waals surface area contributed by atoms with Gasteiger partial charge in [0.05, 0.1) is 30.2 Å². The molecule has 4 aromatic carbocycles. The highest BCUT2D eigenvalue weighted by Crippen LogP contribution is 2.39. The van der Waals surface area contributed by atoms with Crippen LogP contribution in [-0.4, -0.2) is 70.6 Å². The molecule has 0 radical (unpaired) electrons. The topological polar surface area (TPSA) is 155 Å². The number of hydrogen-bond donors (Lipinski definition) is 4. The van der Waals surface area contributed by atoms with Crippen LogP contribution in [0.3, 0.4) is 0 Å². The first kappa shape index (κ1) is 41.5. The predicted octanol–water partition coefficient (Wildman–Crippen LogP) is 7.18. The molecule has 0 saturated carbocycles. The molecule has 59 heavy (non-hydrogen) atoms. The summed E-state index contributed by atoms with van der Waals surface area (Å²) in [5.41, 5.74) is 13.1. The van der Waals surface area contributed by atoms with Crippen LogP contribution in [0.25, 0.3) is 11.1 Å². The normalized spacial score (nSPS) is 18.3. The summed E-state index contributed by atoms with van der Waals surface area (Å²) in [6, 6.07) is 33.7. The van der Waals surface area contributed by atoms with E-state index < -0.39 is 6.29 Å². The van der Waals surface area contributed by atoms with Gasteiger partial charge >= 0.3 is 0 Å². The smallest absolute Gasteiger partial charge is 0.225 e. The van der Waals surface area contributed by atoms with E-state index in [0.29, 0.717) is 30.8 Å². The van der Waals surface area contributed by atoms with Gasteiger partial charge in [-0.2, -0.15) is 0 Å². The van der Waals surface area contributed by atoms with E-state index >= 15 is 0 Å². The Morgan fingerprint density at radius 3 is 2.17 bits per heavy atom. The molecule has 0 unspecified atom stereocenters. The summed E-state index contributed by atoms with van der Waals surface area (Å²) in [5.74, 6) is 0.746.